The van der Waals surface area contributed by atoms with Crippen LogP contribution >= 0.6 is 0 Å². The van der Waals surface area contributed by atoms with Crippen LogP contribution in [0.1, 0.15) is 12.8 Å². The van der Waals surface area contributed by atoms with Gasteiger partial charge in [-0.15, -0.1) is 0 Å². The SMILES string of the molecule is CN1CCCC(OCC(=O)N2CCNCC2)C1. The number of nitrogens with one attached hydrogen (secondary N) is 1. The Bertz CT molecular complexity index is 254. The van der Waals surface area contributed by atoms with Crippen LogP contribution in [-0.4, -0.2) is 74.7 Å². The van der Waals surface area contributed by atoms with Gasteiger partial charge in [0.1, 0.15) is 6.61 Å². The molecule has 2 aliphatic rings. The van der Waals surface area contributed by atoms with Gasteiger partial charge in [0.25, 0.3) is 0 Å². The molecule has 1 unspecified atom stereocenters. The molecule has 17 heavy (non-hydrogen) atoms. The van der Waals surface area contributed by atoms with Gasteiger partial charge in [-0.3, -0.25) is 4.79 Å². The van der Waals surface area contributed by atoms with Crippen LogP contribution in [0.25, 0.3) is 0 Å². The fraction of sp³-hybridized carbons (Fsp3) is 0.917. The molecule has 0 aromatic carbocycles. The molecule has 5 heteroatoms. The van der Waals surface area contributed by atoms with Gasteiger partial charge in [-0.25, -0.2) is 0 Å². The van der Waals surface area contributed by atoms with E-state index in [-0.39, 0.29) is 18.6 Å². The van der Waals surface area contributed by atoms with Crippen molar-refractivity contribution < 1.29 is 9.53 Å². The maximum atomic E-state index is 11.9. The number of nitrogens with zero attached hydrogens (tertiary/aromatic N) is 2. The summed E-state index contributed by atoms with van der Waals surface area (Å²) in [7, 11) is 2.10. The summed E-state index contributed by atoms with van der Waals surface area (Å²) < 4.78 is 5.72. The highest BCUT2D eigenvalue weighted by Gasteiger charge is 2.21. The average Bonchev–Trinajstić information content (AvgIpc) is 2.37. The van der Waals surface area contributed by atoms with E-state index in [4.69, 9.17) is 4.74 Å². The Balaban J connectivity index is 1.68. The molecule has 0 bridgehead atoms. The van der Waals surface area contributed by atoms with Crippen molar-refractivity contribution in [2.24, 2.45) is 0 Å². The Labute approximate surface area is 103 Å². The number of likely N-dealkylation sites (tertiary alicyclic amines) is 1. The molecule has 1 atom stereocenters. The number of rotatable bonds is 3. The number of hydrogen-bond donors (Lipinski definition) is 1. The lowest BCUT2D eigenvalue weighted by molar-refractivity contribution is -0.139. The normalized spacial score (nSPS) is 27.1. The van der Waals surface area contributed by atoms with Gasteiger partial charge in [-0.2, -0.15) is 0 Å². The zero-order valence-corrected chi connectivity index (χ0v) is 10.7. The quantitative estimate of drug-likeness (QED) is 0.725. The molecule has 0 saturated carbocycles. The monoisotopic (exact) mass is 241 g/mol. The average molecular weight is 241 g/mol. The van der Waals surface area contributed by atoms with Crippen molar-refractivity contribution >= 4 is 5.91 Å². The van der Waals surface area contributed by atoms with Gasteiger partial charge < -0.3 is 19.9 Å². The lowest BCUT2D eigenvalue weighted by atomic mass is 10.1. The van der Waals surface area contributed by atoms with E-state index in [0.29, 0.717) is 0 Å². The first-order valence-corrected chi connectivity index (χ1v) is 6.54. The summed E-state index contributed by atoms with van der Waals surface area (Å²) >= 11 is 0. The van der Waals surface area contributed by atoms with Crippen LogP contribution in [0.3, 0.4) is 0 Å². The van der Waals surface area contributed by atoms with E-state index in [2.05, 4.69) is 17.3 Å². The van der Waals surface area contributed by atoms with Gasteiger partial charge in [0.05, 0.1) is 6.10 Å². The molecule has 98 valence electrons. The number of carbonyl (C=O) groups excluding carboxylic acids is 1. The Kier molecular flexibility index (Phi) is 4.76. The maximum absolute atomic E-state index is 11.9. The summed E-state index contributed by atoms with van der Waals surface area (Å²) in [6.45, 7) is 5.77. The molecule has 2 aliphatic heterocycles. The molecule has 0 aromatic rings. The fourth-order valence-corrected chi connectivity index (χ4v) is 2.45. The number of ether oxygens (including phenoxy) is 1. The van der Waals surface area contributed by atoms with Crippen LogP contribution in [0, 0.1) is 0 Å². The van der Waals surface area contributed by atoms with Crippen LogP contribution in [-0.2, 0) is 9.53 Å². The number of amides is 1. The minimum atomic E-state index is 0.139. The standard InChI is InChI=1S/C12H23N3O2/c1-14-6-2-3-11(9-14)17-10-12(16)15-7-4-13-5-8-15/h11,13H,2-10H2,1H3. The maximum Gasteiger partial charge on any atom is 0.248 e. The van der Waals surface area contributed by atoms with Crippen LogP contribution in [0.15, 0.2) is 0 Å². The van der Waals surface area contributed by atoms with Crippen molar-refractivity contribution in [3.8, 4) is 0 Å². The number of hydrogen-bond acceptors (Lipinski definition) is 4. The molecule has 1 amide bonds. The summed E-state index contributed by atoms with van der Waals surface area (Å²) in [6.07, 6.45) is 2.49. The fourth-order valence-electron chi connectivity index (χ4n) is 2.45. The number of carbonyl (C=O) groups is 1. The summed E-state index contributed by atoms with van der Waals surface area (Å²) in [5.74, 6) is 0.139. The van der Waals surface area contributed by atoms with E-state index in [0.717, 1.165) is 45.7 Å². The van der Waals surface area contributed by atoms with Gasteiger partial charge in [0.2, 0.25) is 5.91 Å². The predicted octanol–water partition coefficient (Wildman–Crippen LogP) is -0.471. The van der Waals surface area contributed by atoms with Crippen molar-refractivity contribution in [2.75, 3.05) is 52.9 Å². The van der Waals surface area contributed by atoms with Gasteiger partial charge in [0.15, 0.2) is 0 Å². The minimum Gasteiger partial charge on any atom is -0.367 e. The molecule has 0 spiro atoms. The minimum absolute atomic E-state index is 0.139. The third kappa shape index (κ3) is 3.94. The molecule has 0 aromatic heterocycles. The van der Waals surface area contributed by atoms with E-state index >= 15 is 0 Å². The first kappa shape index (κ1) is 12.8. The molecular weight excluding hydrogens is 218 g/mol. The second-order valence-corrected chi connectivity index (χ2v) is 4.97. The molecule has 1 N–H and O–H groups in total. The molecule has 0 radical (unpaired) electrons. The molecular formula is C12H23N3O2. The summed E-state index contributed by atoms with van der Waals surface area (Å²) in [5.41, 5.74) is 0. The number of piperazine rings is 1. The van der Waals surface area contributed by atoms with Gasteiger partial charge >= 0.3 is 0 Å². The highest BCUT2D eigenvalue weighted by molar-refractivity contribution is 5.77. The smallest absolute Gasteiger partial charge is 0.248 e. The molecule has 0 aliphatic carbocycles. The van der Waals surface area contributed by atoms with Crippen LogP contribution in [0.2, 0.25) is 0 Å². The second-order valence-electron chi connectivity index (χ2n) is 4.97. The topological polar surface area (TPSA) is 44.8 Å². The first-order valence-electron chi connectivity index (χ1n) is 6.54. The largest absolute Gasteiger partial charge is 0.367 e. The molecule has 2 heterocycles. The van der Waals surface area contributed by atoms with E-state index in [1.54, 1.807) is 0 Å². The van der Waals surface area contributed by atoms with E-state index in [1.807, 2.05) is 4.90 Å². The van der Waals surface area contributed by atoms with Crippen LogP contribution < -0.4 is 5.32 Å². The Morgan fingerprint density at radius 3 is 2.82 bits per heavy atom. The Morgan fingerprint density at radius 1 is 1.35 bits per heavy atom. The number of likely N-dealkylation sites (N-methyl/N-ethyl adjacent to an activating group) is 1. The third-order valence-electron chi connectivity index (χ3n) is 3.49. The first-order chi connectivity index (χ1) is 8.25. The molecule has 2 rings (SSSR count). The molecule has 2 saturated heterocycles. The van der Waals surface area contributed by atoms with Crippen molar-refractivity contribution in [1.29, 1.82) is 0 Å². The Hall–Kier alpha value is -0.650. The highest BCUT2D eigenvalue weighted by atomic mass is 16.5. The zero-order chi connectivity index (χ0) is 12.1. The van der Waals surface area contributed by atoms with Crippen molar-refractivity contribution in [3.05, 3.63) is 0 Å². The van der Waals surface area contributed by atoms with Crippen LogP contribution in [0.5, 0.6) is 0 Å². The van der Waals surface area contributed by atoms with Gasteiger partial charge in [-0.1, -0.05) is 0 Å². The van der Waals surface area contributed by atoms with Crippen molar-refractivity contribution in [3.63, 3.8) is 0 Å². The zero-order valence-electron chi connectivity index (χ0n) is 10.7. The number of piperidine rings is 1. The third-order valence-corrected chi connectivity index (χ3v) is 3.49. The van der Waals surface area contributed by atoms with Crippen molar-refractivity contribution in [1.82, 2.24) is 15.1 Å². The predicted molar refractivity (Wildman–Crippen MR) is 65.9 cm³/mol. The second kappa shape index (κ2) is 6.33. The van der Waals surface area contributed by atoms with Gasteiger partial charge in [-0.05, 0) is 26.4 Å². The Morgan fingerprint density at radius 2 is 2.12 bits per heavy atom. The lowest BCUT2D eigenvalue weighted by Crippen LogP contribution is -2.48. The van der Waals surface area contributed by atoms with E-state index < -0.39 is 0 Å². The summed E-state index contributed by atoms with van der Waals surface area (Å²) in [5, 5.41) is 3.24. The lowest BCUT2D eigenvalue weighted by Gasteiger charge is -2.31. The van der Waals surface area contributed by atoms with Crippen LogP contribution in [0.4, 0.5) is 0 Å². The summed E-state index contributed by atoms with van der Waals surface area (Å²) in [4.78, 5) is 16.0. The molecule has 2 fully saturated rings. The van der Waals surface area contributed by atoms with Crippen molar-refractivity contribution in [2.45, 2.75) is 18.9 Å². The highest BCUT2D eigenvalue weighted by Crippen LogP contribution is 2.11. The molecule has 5 nitrogen and oxygen atoms in total. The van der Waals surface area contributed by atoms with Gasteiger partial charge in [0, 0.05) is 32.7 Å². The van der Waals surface area contributed by atoms with E-state index in [1.165, 1.54) is 6.42 Å². The van der Waals surface area contributed by atoms with E-state index in [9.17, 15) is 4.79 Å². The summed E-state index contributed by atoms with van der Waals surface area (Å²) in [6, 6.07) is 0.